The minimum Gasteiger partial charge on any atom is -0.356 e. The van der Waals surface area contributed by atoms with Crippen molar-refractivity contribution in [2.24, 2.45) is 4.99 Å². The summed E-state index contributed by atoms with van der Waals surface area (Å²) >= 11 is 3.51. The van der Waals surface area contributed by atoms with Gasteiger partial charge in [0.15, 0.2) is 5.96 Å². The SMILES string of the molecule is CN(C)C(=O)CN=C(NCCc1cccs1)NCCc1cccs1.I. The zero-order valence-corrected chi connectivity index (χ0v) is 18.5. The van der Waals surface area contributed by atoms with E-state index in [0.717, 1.165) is 25.9 Å². The molecule has 0 aliphatic carbocycles. The van der Waals surface area contributed by atoms with Crippen LogP contribution in [0.1, 0.15) is 9.75 Å². The summed E-state index contributed by atoms with van der Waals surface area (Å²) in [6.45, 7) is 1.74. The molecule has 0 atom stereocenters. The molecule has 0 radical (unpaired) electrons. The van der Waals surface area contributed by atoms with E-state index >= 15 is 0 Å². The summed E-state index contributed by atoms with van der Waals surface area (Å²) in [5.74, 6) is 0.686. The van der Waals surface area contributed by atoms with Gasteiger partial charge in [-0.2, -0.15) is 0 Å². The van der Waals surface area contributed by atoms with E-state index in [1.165, 1.54) is 9.75 Å². The molecule has 0 unspecified atom stereocenters. The van der Waals surface area contributed by atoms with Gasteiger partial charge in [-0.15, -0.1) is 46.7 Å². The van der Waals surface area contributed by atoms with E-state index in [2.05, 4.69) is 50.7 Å². The maximum absolute atomic E-state index is 11.7. The van der Waals surface area contributed by atoms with Crippen LogP contribution >= 0.6 is 46.7 Å². The van der Waals surface area contributed by atoms with Crippen molar-refractivity contribution in [1.82, 2.24) is 15.5 Å². The third-order valence-corrected chi connectivity index (χ3v) is 5.23. The van der Waals surface area contributed by atoms with E-state index in [4.69, 9.17) is 0 Å². The molecule has 8 heteroatoms. The molecule has 2 N–H and O–H groups in total. The molecule has 0 aromatic carbocycles. The summed E-state index contributed by atoms with van der Waals surface area (Å²) < 4.78 is 0. The van der Waals surface area contributed by atoms with Crippen molar-refractivity contribution in [1.29, 1.82) is 0 Å². The average Bonchev–Trinajstić information content (AvgIpc) is 3.25. The zero-order valence-electron chi connectivity index (χ0n) is 14.5. The predicted molar refractivity (Wildman–Crippen MR) is 118 cm³/mol. The number of rotatable bonds is 8. The van der Waals surface area contributed by atoms with Gasteiger partial charge in [0.05, 0.1) is 0 Å². The summed E-state index contributed by atoms with van der Waals surface area (Å²) in [7, 11) is 3.48. The Bertz CT molecular complexity index is 585. The van der Waals surface area contributed by atoms with Gasteiger partial charge in [-0.3, -0.25) is 4.79 Å². The Morgan fingerprint density at radius 3 is 1.96 bits per heavy atom. The molecule has 138 valence electrons. The fourth-order valence-corrected chi connectivity index (χ4v) is 3.40. The molecule has 5 nitrogen and oxygen atoms in total. The van der Waals surface area contributed by atoms with Crippen LogP contribution in [0.3, 0.4) is 0 Å². The summed E-state index contributed by atoms with van der Waals surface area (Å²) in [6, 6.07) is 8.37. The van der Waals surface area contributed by atoms with E-state index in [1.54, 1.807) is 41.7 Å². The van der Waals surface area contributed by atoms with E-state index in [0.29, 0.717) is 5.96 Å². The Kier molecular flexibility index (Phi) is 10.7. The second-order valence-electron chi connectivity index (χ2n) is 5.47. The molecule has 0 aliphatic rings. The number of hydrogen-bond acceptors (Lipinski definition) is 4. The molecule has 0 bridgehead atoms. The highest BCUT2D eigenvalue weighted by molar-refractivity contribution is 14.0. The van der Waals surface area contributed by atoms with Crippen LogP contribution in [0, 0.1) is 0 Å². The molecule has 0 saturated carbocycles. The van der Waals surface area contributed by atoms with Gasteiger partial charge >= 0.3 is 0 Å². The van der Waals surface area contributed by atoms with E-state index in [-0.39, 0.29) is 36.4 Å². The summed E-state index contributed by atoms with van der Waals surface area (Å²) in [5.41, 5.74) is 0. The Balaban J connectivity index is 0.00000312. The van der Waals surface area contributed by atoms with E-state index in [9.17, 15) is 4.79 Å². The first-order valence-corrected chi connectivity index (χ1v) is 9.68. The van der Waals surface area contributed by atoms with Gasteiger partial charge in [0.1, 0.15) is 6.54 Å². The van der Waals surface area contributed by atoms with Crippen molar-refractivity contribution < 1.29 is 4.79 Å². The highest BCUT2D eigenvalue weighted by Gasteiger charge is 2.05. The second kappa shape index (κ2) is 12.3. The minimum atomic E-state index is -0.00684. The van der Waals surface area contributed by atoms with Crippen molar-refractivity contribution >= 4 is 58.5 Å². The van der Waals surface area contributed by atoms with Crippen molar-refractivity contribution in [2.45, 2.75) is 12.8 Å². The van der Waals surface area contributed by atoms with Gasteiger partial charge in [0.2, 0.25) is 5.91 Å². The fraction of sp³-hybridized carbons (Fsp3) is 0.412. The summed E-state index contributed by atoms with van der Waals surface area (Å²) in [4.78, 5) is 20.4. The summed E-state index contributed by atoms with van der Waals surface area (Å²) in [6.07, 6.45) is 1.90. The van der Waals surface area contributed by atoms with Crippen LogP contribution in [-0.2, 0) is 17.6 Å². The molecule has 1 amide bonds. The van der Waals surface area contributed by atoms with Crippen LogP contribution in [0.4, 0.5) is 0 Å². The Morgan fingerprint density at radius 1 is 1.04 bits per heavy atom. The molecule has 0 fully saturated rings. The topological polar surface area (TPSA) is 56.7 Å². The highest BCUT2D eigenvalue weighted by atomic mass is 127. The van der Waals surface area contributed by atoms with Gasteiger partial charge in [-0.05, 0) is 35.7 Å². The second-order valence-corrected chi connectivity index (χ2v) is 7.53. The van der Waals surface area contributed by atoms with Gasteiger partial charge in [0.25, 0.3) is 0 Å². The molecule has 0 aliphatic heterocycles. The van der Waals surface area contributed by atoms with E-state index in [1.807, 2.05) is 0 Å². The van der Waals surface area contributed by atoms with Crippen molar-refractivity contribution in [2.75, 3.05) is 33.7 Å². The Labute approximate surface area is 174 Å². The first-order valence-electron chi connectivity index (χ1n) is 7.92. The number of likely N-dealkylation sites (N-methyl/N-ethyl adjacent to an activating group) is 1. The lowest BCUT2D eigenvalue weighted by Gasteiger charge is -2.13. The van der Waals surface area contributed by atoms with E-state index < -0.39 is 0 Å². The smallest absolute Gasteiger partial charge is 0.243 e. The molecule has 2 heterocycles. The van der Waals surface area contributed by atoms with Crippen LogP contribution in [0.5, 0.6) is 0 Å². The molecule has 25 heavy (non-hydrogen) atoms. The lowest BCUT2D eigenvalue weighted by atomic mass is 10.3. The molecular weight excluding hydrogens is 467 g/mol. The number of nitrogens with one attached hydrogen (secondary N) is 2. The van der Waals surface area contributed by atoms with Gasteiger partial charge < -0.3 is 15.5 Å². The number of guanidine groups is 1. The van der Waals surface area contributed by atoms with Gasteiger partial charge in [0, 0.05) is 36.9 Å². The van der Waals surface area contributed by atoms with Crippen LogP contribution in [0.2, 0.25) is 0 Å². The first kappa shape index (κ1) is 21.9. The third-order valence-electron chi connectivity index (χ3n) is 3.36. The summed E-state index contributed by atoms with van der Waals surface area (Å²) in [5, 5.41) is 10.8. The lowest BCUT2D eigenvalue weighted by molar-refractivity contribution is -0.127. The maximum atomic E-state index is 11.7. The molecule has 2 aromatic rings. The van der Waals surface area contributed by atoms with Crippen molar-refractivity contribution in [3.63, 3.8) is 0 Å². The third kappa shape index (κ3) is 8.68. The fourth-order valence-electron chi connectivity index (χ4n) is 1.98. The van der Waals surface area contributed by atoms with Crippen LogP contribution in [-0.4, -0.2) is 50.5 Å². The predicted octanol–water partition coefficient (Wildman–Crippen LogP) is 2.84. The van der Waals surface area contributed by atoms with Gasteiger partial charge in [-0.1, -0.05) is 12.1 Å². The van der Waals surface area contributed by atoms with Crippen molar-refractivity contribution in [3.8, 4) is 0 Å². The number of thiophene rings is 2. The largest absolute Gasteiger partial charge is 0.356 e. The van der Waals surface area contributed by atoms with Gasteiger partial charge in [-0.25, -0.2) is 4.99 Å². The molecule has 0 spiro atoms. The van der Waals surface area contributed by atoms with Crippen LogP contribution in [0.15, 0.2) is 40.0 Å². The number of carbonyl (C=O) groups excluding carboxylic acids is 1. The monoisotopic (exact) mass is 492 g/mol. The Hall–Kier alpha value is -1.13. The molecular formula is C17H25IN4OS2. The lowest BCUT2D eigenvalue weighted by Crippen LogP contribution is -2.40. The first-order chi connectivity index (χ1) is 11.6. The highest BCUT2D eigenvalue weighted by Crippen LogP contribution is 2.09. The number of hydrogen-bond donors (Lipinski definition) is 2. The van der Waals surface area contributed by atoms with Crippen LogP contribution in [0.25, 0.3) is 0 Å². The number of halogens is 1. The quantitative estimate of drug-likeness (QED) is 0.339. The maximum Gasteiger partial charge on any atom is 0.243 e. The number of amides is 1. The normalized spacial score (nSPS) is 9.84. The van der Waals surface area contributed by atoms with Crippen molar-refractivity contribution in [3.05, 3.63) is 44.8 Å². The molecule has 0 saturated heterocycles. The molecule has 2 aromatic heterocycles. The number of carbonyl (C=O) groups is 1. The molecule has 2 rings (SSSR count). The average molecular weight is 492 g/mol. The standard InChI is InChI=1S/C17H24N4OS2.HI/c1-21(2)16(22)13-20-17(18-9-7-14-5-3-11-23-14)19-10-8-15-6-4-12-24-15;/h3-6,11-12H,7-10,13H2,1-2H3,(H2,18,19,20);1H. The Morgan fingerprint density at radius 2 is 1.56 bits per heavy atom. The zero-order chi connectivity index (χ0) is 17.2. The minimum absolute atomic E-state index is 0. The van der Waals surface area contributed by atoms with Crippen LogP contribution < -0.4 is 10.6 Å². The number of aliphatic imine (C=N–C) groups is 1. The number of nitrogens with zero attached hydrogens (tertiary/aromatic N) is 2.